The Morgan fingerprint density at radius 3 is 2.31 bits per heavy atom. The molecule has 0 aromatic heterocycles. The third-order valence-electron chi connectivity index (χ3n) is 2.44. The van der Waals surface area contributed by atoms with Gasteiger partial charge in [-0.3, -0.25) is 9.59 Å². The Morgan fingerprint density at radius 1 is 1.38 bits per heavy atom. The summed E-state index contributed by atoms with van der Waals surface area (Å²) in [5.74, 6) is -1.18. The zero-order valence-electron chi connectivity index (χ0n) is 9.27. The summed E-state index contributed by atoms with van der Waals surface area (Å²) in [6.45, 7) is 5.25. The van der Waals surface area contributed by atoms with Crippen LogP contribution in [0.3, 0.4) is 0 Å². The molecule has 84 valence electrons. The van der Waals surface area contributed by atoms with Crippen LogP contribution in [0.25, 0.3) is 0 Å². The minimum atomic E-state index is -0.732. The van der Waals surface area contributed by atoms with Crippen molar-refractivity contribution in [3.63, 3.8) is 0 Å². The van der Waals surface area contributed by atoms with Gasteiger partial charge in [-0.15, -0.1) is 0 Å². The molecule has 0 aliphatic rings. The van der Waals surface area contributed by atoms with E-state index in [2.05, 4.69) is 6.58 Å². The van der Waals surface area contributed by atoms with E-state index >= 15 is 0 Å². The molecule has 0 heterocycles. The van der Waals surface area contributed by atoms with Crippen LogP contribution in [0.4, 0.5) is 0 Å². The fraction of sp³-hybridized carbons (Fsp3) is 0.231. The van der Waals surface area contributed by atoms with Gasteiger partial charge in [-0.1, -0.05) is 30.8 Å². The highest BCUT2D eigenvalue weighted by Crippen LogP contribution is 2.19. The number of carbonyl (C=O) groups excluding carboxylic acids is 2. The molecule has 0 bridgehead atoms. The molecule has 0 spiro atoms. The second-order valence-corrected chi connectivity index (χ2v) is 3.60. The highest BCUT2D eigenvalue weighted by Gasteiger charge is 2.22. The molecular weight excluding hydrogens is 202 g/mol. The van der Waals surface area contributed by atoms with Crippen molar-refractivity contribution >= 4 is 11.6 Å². The van der Waals surface area contributed by atoms with Crippen LogP contribution < -0.4 is 5.73 Å². The van der Waals surface area contributed by atoms with Crippen LogP contribution in [-0.4, -0.2) is 11.6 Å². The first-order chi connectivity index (χ1) is 7.60. The minimum absolute atomic E-state index is 0.176. The van der Waals surface area contributed by atoms with Crippen LogP contribution >= 0.6 is 0 Å². The number of carbonyl (C=O) groups is 2. The molecule has 0 saturated heterocycles. The monoisotopic (exact) mass is 217 g/mol. The average Bonchev–Trinajstić information content (AvgIpc) is 2.29. The van der Waals surface area contributed by atoms with E-state index in [4.69, 9.17) is 5.73 Å². The predicted octanol–water partition coefficient (Wildman–Crippen LogP) is 1.57. The van der Waals surface area contributed by atoms with Gasteiger partial charge in [0.1, 0.15) is 11.7 Å². The van der Waals surface area contributed by atoms with Gasteiger partial charge in [0.2, 0.25) is 0 Å². The van der Waals surface area contributed by atoms with Crippen molar-refractivity contribution in [2.24, 2.45) is 5.73 Å². The smallest absolute Gasteiger partial charge is 0.169 e. The van der Waals surface area contributed by atoms with E-state index in [0.717, 1.165) is 5.56 Å². The Balaban J connectivity index is 3.06. The van der Waals surface area contributed by atoms with Crippen molar-refractivity contribution in [3.05, 3.63) is 48.0 Å². The van der Waals surface area contributed by atoms with Gasteiger partial charge >= 0.3 is 0 Å². The summed E-state index contributed by atoms with van der Waals surface area (Å²) in [5, 5.41) is 0. The van der Waals surface area contributed by atoms with Gasteiger partial charge in [-0.25, -0.2) is 0 Å². The van der Waals surface area contributed by atoms with E-state index in [-0.39, 0.29) is 11.6 Å². The Bertz CT molecular complexity index is 406. The maximum absolute atomic E-state index is 11.5. The van der Waals surface area contributed by atoms with E-state index in [1.54, 1.807) is 12.1 Å². The lowest BCUT2D eigenvalue weighted by Crippen LogP contribution is -2.17. The first kappa shape index (κ1) is 12.3. The van der Waals surface area contributed by atoms with Crippen LogP contribution in [0.1, 0.15) is 24.0 Å². The van der Waals surface area contributed by atoms with Crippen LogP contribution in [0, 0.1) is 0 Å². The molecule has 1 aromatic carbocycles. The molecule has 0 saturated carbocycles. The van der Waals surface area contributed by atoms with Gasteiger partial charge in [0.25, 0.3) is 0 Å². The molecule has 16 heavy (non-hydrogen) atoms. The number of hydrogen-bond acceptors (Lipinski definition) is 3. The van der Waals surface area contributed by atoms with Gasteiger partial charge in [0.15, 0.2) is 5.78 Å². The van der Waals surface area contributed by atoms with Crippen LogP contribution in [0.2, 0.25) is 0 Å². The van der Waals surface area contributed by atoms with Crippen molar-refractivity contribution in [1.29, 1.82) is 0 Å². The zero-order valence-corrected chi connectivity index (χ0v) is 9.27. The fourth-order valence-electron chi connectivity index (χ4n) is 1.56. The second kappa shape index (κ2) is 5.37. The maximum atomic E-state index is 11.5. The Morgan fingerprint density at radius 2 is 1.94 bits per heavy atom. The number of hydrogen-bond donors (Lipinski definition) is 1. The highest BCUT2D eigenvalue weighted by atomic mass is 16.1. The van der Waals surface area contributed by atoms with Crippen molar-refractivity contribution in [3.8, 4) is 0 Å². The third-order valence-corrected chi connectivity index (χ3v) is 2.44. The van der Waals surface area contributed by atoms with Gasteiger partial charge in [-0.05, 0) is 24.1 Å². The molecule has 1 unspecified atom stereocenters. The van der Waals surface area contributed by atoms with E-state index in [1.807, 2.05) is 12.1 Å². The Kier molecular flexibility index (Phi) is 4.14. The Hall–Kier alpha value is -1.74. The summed E-state index contributed by atoms with van der Waals surface area (Å²) in [6, 6.07) is 7.16. The summed E-state index contributed by atoms with van der Waals surface area (Å²) in [6.07, 6.45) is 1.18. The molecule has 0 radical (unpaired) electrons. The number of rotatable bonds is 5. The zero-order chi connectivity index (χ0) is 12.1. The lowest BCUT2D eigenvalue weighted by Gasteiger charge is -2.11. The summed E-state index contributed by atoms with van der Waals surface area (Å²) in [7, 11) is 0. The van der Waals surface area contributed by atoms with Crippen molar-refractivity contribution in [2.45, 2.75) is 19.4 Å². The summed E-state index contributed by atoms with van der Waals surface area (Å²) in [5.41, 5.74) is 7.13. The molecule has 2 N–H and O–H groups in total. The fourth-order valence-corrected chi connectivity index (χ4v) is 1.56. The van der Waals surface area contributed by atoms with Crippen molar-refractivity contribution in [2.75, 3.05) is 0 Å². The van der Waals surface area contributed by atoms with Gasteiger partial charge in [0.05, 0.1) is 0 Å². The summed E-state index contributed by atoms with van der Waals surface area (Å²) < 4.78 is 0. The first-order valence-electron chi connectivity index (χ1n) is 5.05. The minimum Gasteiger partial charge on any atom is -0.326 e. The maximum Gasteiger partial charge on any atom is 0.169 e. The molecule has 3 heteroatoms. The molecule has 1 aromatic rings. The summed E-state index contributed by atoms with van der Waals surface area (Å²) >= 11 is 0. The number of Topliss-reactive ketones (excluding diaryl/α,β-unsaturated/α-hetero) is 1. The van der Waals surface area contributed by atoms with E-state index in [1.165, 1.54) is 13.0 Å². The van der Waals surface area contributed by atoms with Gasteiger partial charge < -0.3 is 5.73 Å². The van der Waals surface area contributed by atoms with Gasteiger partial charge in [0, 0.05) is 6.54 Å². The first-order valence-corrected chi connectivity index (χ1v) is 5.05. The average molecular weight is 217 g/mol. The molecule has 0 fully saturated rings. The molecule has 0 amide bonds. The van der Waals surface area contributed by atoms with Crippen molar-refractivity contribution < 1.29 is 9.59 Å². The molecule has 3 nitrogen and oxygen atoms in total. The van der Waals surface area contributed by atoms with Gasteiger partial charge in [-0.2, -0.15) is 0 Å². The van der Waals surface area contributed by atoms with E-state index in [0.29, 0.717) is 12.1 Å². The quantitative estimate of drug-likeness (QED) is 0.601. The lowest BCUT2D eigenvalue weighted by molar-refractivity contribution is -0.125. The standard InChI is InChI=1S/C13H15NO2/c1-3-12(16)13(9(2)15)11-6-4-10(8-14)5-7-11/h3-7,13H,1,8,14H2,2H3. The number of benzene rings is 1. The Labute approximate surface area is 95.0 Å². The lowest BCUT2D eigenvalue weighted by atomic mass is 9.90. The van der Waals surface area contributed by atoms with Crippen LogP contribution in [0.15, 0.2) is 36.9 Å². The molecule has 1 atom stereocenters. The normalized spacial score (nSPS) is 11.9. The number of allylic oxidation sites excluding steroid dienone is 1. The highest BCUT2D eigenvalue weighted by molar-refractivity contribution is 6.11. The molecule has 0 aliphatic carbocycles. The SMILES string of the molecule is C=CC(=O)C(C(C)=O)c1ccc(CN)cc1. The van der Waals surface area contributed by atoms with E-state index in [9.17, 15) is 9.59 Å². The molecular formula is C13H15NO2. The molecule has 1 rings (SSSR count). The largest absolute Gasteiger partial charge is 0.326 e. The van der Waals surface area contributed by atoms with Crippen molar-refractivity contribution in [1.82, 2.24) is 0 Å². The number of ketones is 2. The van der Waals surface area contributed by atoms with Crippen LogP contribution in [0.5, 0.6) is 0 Å². The van der Waals surface area contributed by atoms with E-state index < -0.39 is 5.92 Å². The second-order valence-electron chi connectivity index (χ2n) is 3.60. The predicted molar refractivity (Wildman–Crippen MR) is 63.0 cm³/mol. The third kappa shape index (κ3) is 2.64. The number of nitrogens with two attached hydrogens (primary N) is 1. The molecule has 0 aliphatic heterocycles. The van der Waals surface area contributed by atoms with Crippen LogP contribution in [-0.2, 0) is 16.1 Å². The summed E-state index contributed by atoms with van der Waals surface area (Å²) in [4.78, 5) is 23.0. The topological polar surface area (TPSA) is 60.2 Å².